The van der Waals surface area contributed by atoms with Crippen molar-refractivity contribution in [2.75, 3.05) is 38.7 Å². The number of alkyl halides is 2. The number of ether oxygens (including phenoxy) is 4. The van der Waals surface area contributed by atoms with Crippen molar-refractivity contribution in [2.24, 2.45) is 0 Å². The maximum absolute atomic E-state index is 15.1. The van der Waals surface area contributed by atoms with E-state index in [1.165, 1.54) is 19.2 Å². The molecular weight excluding hydrogens is 517 g/mol. The highest BCUT2D eigenvalue weighted by atomic mass is 19.3. The van der Waals surface area contributed by atoms with E-state index in [0.717, 1.165) is 26.5 Å². The monoisotopic (exact) mass is 550 g/mol. The highest BCUT2D eigenvalue weighted by molar-refractivity contribution is 5.91. The third kappa shape index (κ3) is 6.29. The molecule has 3 aromatic rings. The molecule has 0 amide bonds. The van der Waals surface area contributed by atoms with Crippen LogP contribution in [-0.4, -0.2) is 66.4 Å². The number of benzene rings is 2. The van der Waals surface area contributed by atoms with Gasteiger partial charge in [0.05, 0.1) is 24.8 Å². The van der Waals surface area contributed by atoms with E-state index in [4.69, 9.17) is 18.9 Å². The number of morpholine rings is 1. The number of nitrogens with one attached hydrogen (secondary N) is 2. The van der Waals surface area contributed by atoms with Crippen LogP contribution >= 0.6 is 0 Å². The molecule has 1 aliphatic heterocycles. The van der Waals surface area contributed by atoms with Crippen LogP contribution in [0.25, 0.3) is 10.9 Å². The summed E-state index contributed by atoms with van der Waals surface area (Å²) in [6.45, 7) is 7.48. The van der Waals surface area contributed by atoms with Crippen molar-refractivity contribution >= 4 is 16.7 Å². The van der Waals surface area contributed by atoms with Gasteiger partial charge in [-0.1, -0.05) is 6.07 Å². The van der Waals surface area contributed by atoms with Gasteiger partial charge in [-0.25, -0.2) is 14.4 Å². The molecule has 2 heterocycles. The fourth-order valence-corrected chi connectivity index (χ4v) is 4.13. The van der Waals surface area contributed by atoms with Crippen LogP contribution in [0.4, 0.5) is 19.0 Å². The Morgan fingerprint density at radius 3 is 2.64 bits per heavy atom. The molecular formula is C27H33F3N4O5. The zero-order valence-corrected chi connectivity index (χ0v) is 22.5. The third-order valence-electron chi connectivity index (χ3n) is 6.24. The van der Waals surface area contributed by atoms with Crippen molar-refractivity contribution in [3.8, 4) is 17.2 Å². The van der Waals surface area contributed by atoms with Crippen LogP contribution in [0.1, 0.15) is 32.2 Å². The van der Waals surface area contributed by atoms with Crippen molar-refractivity contribution in [3.63, 3.8) is 0 Å². The summed E-state index contributed by atoms with van der Waals surface area (Å²) in [5.41, 5.74) is -2.88. The average molecular weight is 551 g/mol. The Bertz CT molecular complexity index is 1310. The highest BCUT2D eigenvalue weighted by Crippen LogP contribution is 2.42. The molecule has 39 heavy (non-hydrogen) atoms. The van der Waals surface area contributed by atoms with Crippen molar-refractivity contribution in [1.82, 2.24) is 15.3 Å². The Kier molecular flexibility index (Phi) is 8.38. The normalized spacial score (nSPS) is 17.1. The van der Waals surface area contributed by atoms with Gasteiger partial charge in [0.25, 0.3) is 0 Å². The first kappa shape index (κ1) is 28.7. The number of nitrogens with zero attached hydrogens (tertiary/aromatic N) is 2. The number of hydrogen-bond donors (Lipinski definition) is 3. The Hall–Kier alpha value is -3.35. The largest absolute Gasteiger partial charge is 0.493 e. The van der Waals surface area contributed by atoms with Crippen LogP contribution in [0.5, 0.6) is 17.2 Å². The number of methoxy groups -OCH3 is 1. The molecule has 12 heteroatoms. The van der Waals surface area contributed by atoms with Gasteiger partial charge in [0, 0.05) is 24.5 Å². The molecule has 0 radical (unpaired) electrons. The first-order chi connectivity index (χ1) is 18.4. The second-order valence-electron chi connectivity index (χ2n) is 9.80. The summed E-state index contributed by atoms with van der Waals surface area (Å²) in [6, 6.07) is 6.84. The van der Waals surface area contributed by atoms with E-state index in [2.05, 4.69) is 20.6 Å². The molecule has 1 fully saturated rings. The molecule has 0 saturated carbocycles. The van der Waals surface area contributed by atoms with Gasteiger partial charge < -0.3 is 34.7 Å². The van der Waals surface area contributed by atoms with Gasteiger partial charge in [0.15, 0.2) is 29.3 Å². The van der Waals surface area contributed by atoms with E-state index in [1.807, 2.05) is 0 Å². The second-order valence-corrected chi connectivity index (χ2v) is 9.80. The number of rotatable bonds is 10. The standard InChI is InChI=1S/C27H33F3N4O5/c1-15-32-20-12-22(36-5)23(38-14-17-13-31-9-10-37-17)11-18(20)25(33-15)34-16(2)39-21-8-6-7-19(24(21)28)27(29,30)26(3,4)35/h6-8,11-12,16-17,31,35H,9-10,13-14H2,1-5H3,(H,32,33,34)/t16-,17-/m1/s1. The zero-order chi connectivity index (χ0) is 28.4. The van der Waals surface area contributed by atoms with Gasteiger partial charge in [-0.3, -0.25) is 0 Å². The predicted molar refractivity (Wildman–Crippen MR) is 139 cm³/mol. The van der Waals surface area contributed by atoms with E-state index >= 15 is 4.39 Å². The fourth-order valence-electron chi connectivity index (χ4n) is 4.13. The molecule has 2 aromatic carbocycles. The van der Waals surface area contributed by atoms with Gasteiger partial charge in [-0.15, -0.1) is 0 Å². The number of halogens is 3. The number of aliphatic hydroxyl groups is 1. The number of aryl methyl sites for hydroxylation is 1. The smallest absolute Gasteiger partial charge is 0.303 e. The summed E-state index contributed by atoms with van der Waals surface area (Å²) in [5, 5.41) is 16.8. The first-order valence-corrected chi connectivity index (χ1v) is 12.5. The van der Waals surface area contributed by atoms with E-state index in [0.29, 0.717) is 53.8 Å². The van der Waals surface area contributed by atoms with Crippen molar-refractivity contribution in [1.29, 1.82) is 0 Å². The molecule has 0 unspecified atom stereocenters. The molecule has 3 N–H and O–H groups in total. The third-order valence-corrected chi connectivity index (χ3v) is 6.24. The SMILES string of the molecule is COc1cc2nc(C)nc(N[C@@H](C)Oc3cccc(C(F)(F)C(C)(C)O)c3F)c2cc1OC[C@H]1CNCCO1. The maximum Gasteiger partial charge on any atom is 0.303 e. The Balaban J connectivity index is 1.59. The molecule has 0 bridgehead atoms. The molecule has 0 spiro atoms. The molecule has 4 rings (SSSR count). The van der Waals surface area contributed by atoms with Crippen LogP contribution in [0, 0.1) is 12.7 Å². The summed E-state index contributed by atoms with van der Waals surface area (Å²) in [7, 11) is 1.53. The van der Waals surface area contributed by atoms with Crippen LogP contribution < -0.4 is 24.8 Å². The molecule has 0 aliphatic carbocycles. The lowest BCUT2D eigenvalue weighted by molar-refractivity contribution is -0.170. The van der Waals surface area contributed by atoms with Crippen molar-refractivity contribution in [3.05, 3.63) is 47.5 Å². The minimum absolute atomic E-state index is 0.117. The fraction of sp³-hybridized carbons (Fsp3) is 0.481. The molecule has 1 aliphatic rings. The quantitative estimate of drug-likeness (QED) is 0.321. The van der Waals surface area contributed by atoms with E-state index in [9.17, 15) is 13.9 Å². The van der Waals surface area contributed by atoms with Crippen LogP contribution in [0.2, 0.25) is 0 Å². The second kappa shape index (κ2) is 11.4. The van der Waals surface area contributed by atoms with Gasteiger partial charge in [0.1, 0.15) is 30.0 Å². The Morgan fingerprint density at radius 1 is 1.21 bits per heavy atom. The summed E-state index contributed by atoms with van der Waals surface area (Å²) in [6.07, 6.45) is -1.01. The number of hydrogen-bond acceptors (Lipinski definition) is 9. The molecule has 9 nitrogen and oxygen atoms in total. The lowest BCUT2D eigenvalue weighted by atomic mass is 9.93. The number of fused-ring (bicyclic) bond motifs is 1. The van der Waals surface area contributed by atoms with Gasteiger partial charge in [-0.2, -0.15) is 8.78 Å². The Morgan fingerprint density at radius 2 is 1.97 bits per heavy atom. The minimum Gasteiger partial charge on any atom is -0.493 e. The average Bonchev–Trinajstić information content (AvgIpc) is 2.88. The van der Waals surface area contributed by atoms with Gasteiger partial charge in [0.2, 0.25) is 0 Å². The Labute approximate surface area is 224 Å². The minimum atomic E-state index is -3.85. The lowest BCUT2D eigenvalue weighted by Crippen LogP contribution is -2.41. The lowest BCUT2D eigenvalue weighted by Gasteiger charge is -2.30. The molecule has 1 aromatic heterocycles. The van der Waals surface area contributed by atoms with Crippen LogP contribution in [0.3, 0.4) is 0 Å². The number of aromatic nitrogens is 2. The molecule has 1 saturated heterocycles. The van der Waals surface area contributed by atoms with Crippen LogP contribution in [0.15, 0.2) is 30.3 Å². The van der Waals surface area contributed by atoms with Crippen LogP contribution in [-0.2, 0) is 10.7 Å². The topological polar surface area (TPSA) is 107 Å². The van der Waals surface area contributed by atoms with E-state index in [1.54, 1.807) is 26.0 Å². The van der Waals surface area contributed by atoms with Crippen molar-refractivity contribution < 1.29 is 37.2 Å². The summed E-state index contributed by atoms with van der Waals surface area (Å²) in [4.78, 5) is 8.93. The summed E-state index contributed by atoms with van der Waals surface area (Å²) >= 11 is 0. The summed E-state index contributed by atoms with van der Waals surface area (Å²) < 4.78 is 67.3. The van der Waals surface area contributed by atoms with Gasteiger partial charge in [-0.05, 0) is 45.9 Å². The summed E-state index contributed by atoms with van der Waals surface area (Å²) in [5.74, 6) is -3.76. The highest BCUT2D eigenvalue weighted by Gasteiger charge is 2.49. The maximum atomic E-state index is 15.1. The molecule has 2 atom stereocenters. The van der Waals surface area contributed by atoms with E-state index < -0.39 is 34.9 Å². The van der Waals surface area contributed by atoms with Gasteiger partial charge >= 0.3 is 5.92 Å². The number of anilines is 1. The van der Waals surface area contributed by atoms with E-state index in [-0.39, 0.29) is 6.10 Å². The predicted octanol–water partition coefficient (Wildman–Crippen LogP) is 4.15. The van der Waals surface area contributed by atoms with Crippen molar-refractivity contribution in [2.45, 2.75) is 51.6 Å². The zero-order valence-electron chi connectivity index (χ0n) is 22.5. The molecule has 212 valence electrons. The first-order valence-electron chi connectivity index (χ1n) is 12.5.